The van der Waals surface area contributed by atoms with Gasteiger partial charge in [-0.1, -0.05) is 42.5 Å². The van der Waals surface area contributed by atoms with E-state index >= 15 is 0 Å². The van der Waals surface area contributed by atoms with Gasteiger partial charge in [0.1, 0.15) is 5.82 Å². The highest BCUT2D eigenvalue weighted by atomic mass is 19.1. The zero-order valence-corrected chi connectivity index (χ0v) is 18.8. The third kappa shape index (κ3) is 4.95. The van der Waals surface area contributed by atoms with Gasteiger partial charge in [0.25, 0.3) is 5.91 Å². The highest BCUT2D eigenvalue weighted by Gasteiger charge is 2.42. The van der Waals surface area contributed by atoms with E-state index < -0.39 is 5.41 Å². The van der Waals surface area contributed by atoms with Gasteiger partial charge in [-0.15, -0.1) is 0 Å². The molecule has 1 fully saturated rings. The van der Waals surface area contributed by atoms with Gasteiger partial charge >= 0.3 is 0 Å². The second-order valence-electron chi connectivity index (χ2n) is 8.53. The maximum atomic E-state index is 14.1. The van der Waals surface area contributed by atoms with Gasteiger partial charge in [0.2, 0.25) is 5.91 Å². The van der Waals surface area contributed by atoms with Crippen LogP contribution in [0.2, 0.25) is 0 Å². The molecule has 5 nitrogen and oxygen atoms in total. The summed E-state index contributed by atoms with van der Waals surface area (Å²) in [5.74, 6) is -0.284. The predicted molar refractivity (Wildman–Crippen MR) is 126 cm³/mol. The number of hydrogen-bond donors (Lipinski definition) is 1. The topological polar surface area (TPSA) is 62.3 Å². The van der Waals surface area contributed by atoms with Crippen LogP contribution >= 0.6 is 0 Å². The summed E-state index contributed by atoms with van der Waals surface area (Å²) >= 11 is 0. The molecule has 0 spiro atoms. The maximum Gasteiger partial charge on any atom is 0.255 e. The van der Waals surface area contributed by atoms with Crippen LogP contribution in [0.15, 0.2) is 73.1 Å². The van der Waals surface area contributed by atoms with Crippen molar-refractivity contribution in [3.63, 3.8) is 0 Å². The van der Waals surface area contributed by atoms with Gasteiger partial charge in [-0.05, 0) is 55.5 Å². The molecular formula is C27H28FN3O2. The summed E-state index contributed by atoms with van der Waals surface area (Å²) in [5.41, 5.74) is 2.37. The van der Waals surface area contributed by atoms with Crippen LogP contribution in [0.3, 0.4) is 0 Å². The molecule has 3 aromatic rings. The average molecular weight is 446 g/mol. The Morgan fingerprint density at radius 1 is 1.03 bits per heavy atom. The van der Waals surface area contributed by atoms with Crippen molar-refractivity contribution in [1.29, 1.82) is 0 Å². The Hall–Kier alpha value is -3.54. The molecule has 1 N–H and O–H groups in total. The van der Waals surface area contributed by atoms with Crippen molar-refractivity contribution in [2.45, 2.75) is 26.2 Å². The van der Waals surface area contributed by atoms with Crippen molar-refractivity contribution < 1.29 is 14.0 Å². The lowest BCUT2D eigenvalue weighted by Crippen LogP contribution is -2.51. The summed E-state index contributed by atoms with van der Waals surface area (Å²) in [6.07, 6.45) is 4.96. The number of carbonyl (C=O) groups excluding carboxylic acids is 2. The van der Waals surface area contributed by atoms with Crippen LogP contribution in [0.25, 0.3) is 11.1 Å². The number of benzene rings is 2. The number of amides is 2. The molecule has 2 heterocycles. The predicted octanol–water partition coefficient (Wildman–Crippen LogP) is 4.49. The first kappa shape index (κ1) is 22.6. The standard InChI is InChI=1S/C27H28FN3O2/c1-2-30-26(33)27(13-16-31(17-14-27)25(32)22-6-5-15-29-19-22)18-20-9-11-21(12-10-20)23-7-3-4-8-24(23)28/h3-12,15,19H,2,13-14,16-18H2,1H3,(H,30,33). The number of piperidine rings is 1. The number of nitrogens with one attached hydrogen (secondary N) is 1. The maximum absolute atomic E-state index is 14.1. The molecule has 0 bridgehead atoms. The molecule has 1 aliphatic heterocycles. The molecule has 0 radical (unpaired) electrons. The van der Waals surface area contributed by atoms with Crippen LogP contribution in [0, 0.1) is 11.2 Å². The highest BCUT2D eigenvalue weighted by molar-refractivity contribution is 5.94. The Balaban J connectivity index is 1.51. The van der Waals surface area contributed by atoms with Crippen molar-refractivity contribution in [1.82, 2.24) is 15.2 Å². The summed E-state index contributed by atoms with van der Waals surface area (Å²) in [5, 5.41) is 2.99. The first-order chi connectivity index (χ1) is 16.0. The quantitative estimate of drug-likeness (QED) is 0.608. The Morgan fingerprint density at radius 2 is 1.76 bits per heavy atom. The summed E-state index contributed by atoms with van der Waals surface area (Å²) < 4.78 is 14.1. The Morgan fingerprint density at radius 3 is 2.39 bits per heavy atom. The lowest BCUT2D eigenvalue weighted by Gasteiger charge is -2.41. The molecule has 1 aliphatic rings. The molecule has 1 saturated heterocycles. The van der Waals surface area contributed by atoms with E-state index in [-0.39, 0.29) is 17.6 Å². The van der Waals surface area contributed by atoms with E-state index in [1.807, 2.05) is 37.3 Å². The van der Waals surface area contributed by atoms with Gasteiger partial charge in [0.05, 0.1) is 11.0 Å². The number of rotatable bonds is 6. The SMILES string of the molecule is CCNC(=O)C1(Cc2ccc(-c3ccccc3F)cc2)CCN(C(=O)c2cccnc2)CC1. The minimum absolute atomic E-state index is 0.0247. The van der Waals surface area contributed by atoms with Crippen LogP contribution in [-0.2, 0) is 11.2 Å². The first-order valence-electron chi connectivity index (χ1n) is 11.3. The first-order valence-corrected chi connectivity index (χ1v) is 11.3. The van der Waals surface area contributed by atoms with E-state index in [0.29, 0.717) is 50.0 Å². The second kappa shape index (κ2) is 9.94. The van der Waals surface area contributed by atoms with Crippen LogP contribution in [-0.4, -0.2) is 41.3 Å². The van der Waals surface area contributed by atoms with Crippen molar-refractivity contribution in [2.75, 3.05) is 19.6 Å². The molecule has 170 valence electrons. The van der Waals surface area contributed by atoms with E-state index in [2.05, 4.69) is 10.3 Å². The highest BCUT2D eigenvalue weighted by Crippen LogP contribution is 2.36. The number of halogens is 1. The van der Waals surface area contributed by atoms with Crippen molar-refractivity contribution >= 4 is 11.8 Å². The lowest BCUT2D eigenvalue weighted by atomic mass is 9.72. The molecule has 0 atom stereocenters. The number of likely N-dealkylation sites (tertiary alicyclic amines) is 1. The zero-order valence-electron chi connectivity index (χ0n) is 18.8. The Bertz CT molecular complexity index is 1110. The number of carbonyl (C=O) groups is 2. The molecule has 6 heteroatoms. The smallest absolute Gasteiger partial charge is 0.255 e. The van der Waals surface area contributed by atoms with Crippen LogP contribution in [0.4, 0.5) is 4.39 Å². The fraction of sp³-hybridized carbons (Fsp3) is 0.296. The van der Waals surface area contributed by atoms with Gasteiger partial charge in [-0.25, -0.2) is 4.39 Å². The van der Waals surface area contributed by atoms with Gasteiger partial charge in [-0.2, -0.15) is 0 Å². The molecule has 1 aromatic heterocycles. The lowest BCUT2D eigenvalue weighted by molar-refractivity contribution is -0.133. The summed E-state index contributed by atoms with van der Waals surface area (Å²) in [6.45, 7) is 3.50. The normalized spacial score (nSPS) is 15.2. The van der Waals surface area contributed by atoms with E-state index in [4.69, 9.17) is 0 Å². The van der Waals surface area contributed by atoms with Crippen LogP contribution in [0.1, 0.15) is 35.7 Å². The number of nitrogens with zero attached hydrogens (tertiary/aromatic N) is 2. The van der Waals surface area contributed by atoms with Gasteiger partial charge in [0.15, 0.2) is 0 Å². The van der Waals surface area contributed by atoms with E-state index in [1.165, 1.54) is 6.07 Å². The fourth-order valence-electron chi connectivity index (χ4n) is 4.53. The third-order valence-electron chi connectivity index (χ3n) is 6.42. The van der Waals surface area contributed by atoms with Crippen molar-refractivity contribution in [3.8, 4) is 11.1 Å². The molecule has 33 heavy (non-hydrogen) atoms. The molecule has 4 rings (SSSR count). The largest absolute Gasteiger partial charge is 0.356 e. The van der Waals surface area contributed by atoms with Gasteiger partial charge < -0.3 is 10.2 Å². The number of aromatic nitrogens is 1. The van der Waals surface area contributed by atoms with Crippen LogP contribution < -0.4 is 5.32 Å². The molecule has 0 unspecified atom stereocenters. The molecule has 0 saturated carbocycles. The Labute approximate surface area is 193 Å². The second-order valence-corrected chi connectivity index (χ2v) is 8.53. The average Bonchev–Trinajstić information content (AvgIpc) is 2.86. The van der Waals surface area contributed by atoms with E-state index in [0.717, 1.165) is 11.1 Å². The molecule has 2 amide bonds. The molecule has 0 aliphatic carbocycles. The van der Waals surface area contributed by atoms with Crippen LogP contribution in [0.5, 0.6) is 0 Å². The van der Waals surface area contributed by atoms with Crippen molar-refractivity contribution in [2.24, 2.45) is 5.41 Å². The van der Waals surface area contributed by atoms with Gasteiger partial charge in [-0.3, -0.25) is 14.6 Å². The van der Waals surface area contributed by atoms with E-state index in [1.54, 1.807) is 41.6 Å². The summed E-state index contributed by atoms with van der Waals surface area (Å²) in [4.78, 5) is 31.8. The van der Waals surface area contributed by atoms with Crippen molar-refractivity contribution in [3.05, 3.63) is 90.0 Å². The number of pyridine rings is 1. The fourth-order valence-corrected chi connectivity index (χ4v) is 4.53. The van der Waals surface area contributed by atoms with Gasteiger partial charge in [0, 0.05) is 37.6 Å². The number of hydrogen-bond acceptors (Lipinski definition) is 3. The monoisotopic (exact) mass is 445 g/mol. The summed E-state index contributed by atoms with van der Waals surface area (Å²) in [6, 6.07) is 18.0. The minimum atomic E-state index is -0.582. The molecule has 2 aromatic carbocycles. The Kier molecular flexibility index (Phi) is 6.82. The third-order valence-corrected chi connectivity index (χ3v) is 6.42. The van der Waals surface area contributed by atoms with E-state index in [9.17, 15) is 14.0 Å². The zero-order chi connectivity index (χ0) is 23.3. The molecular weight excluding hydrogens is 417 g/mol. The summed E-state index contributed by atoms with van der Waals surface area (Å²) in [7, 11) is 0. The minimum Gasteiger partial charge on any atom is -0.356 e.